The second-order valence-corrected chi connectivity index (χ2v) is 4.40. The van der Waals surface area contributed by atoms with Gasteiger partial charge >= 0.3 is 0 Å². The maximum Gasteiger partial charge on any atom is 0.169 e. The number of rotatable bonds is 5. The third kappa shape index (κ3) is 1.90. The molecule has 0 aromatic carbocycles. The van der Waals surface area contributed by atoms with Crippen LogP contribution in [0.1, 0.15) is 13.8 Å². The van der Waals surface area contributed by atoms with Gasteiger partial charge in [0.2, 0.25) is 0 Å². The highest BCUT2D eigenvalue weighted by Crippen LogP contribution is 2.46. The van der Waals surface area contributed by atoms with Crippen LogP contribution in [0.5, 0.6) is 0 Å². The molecule has 1 aliphatic rings. The molecule has 0 amide bonds. The van der Waals surface area contributed by atoms with Crippen LogP contribution in [-0.2, 0) is 9.47 Å². The zero-order valence-electron chi connectivity index (χ0n) is 10.1. The molecule has 2 unspecified atom stereocenters. The highest BCUT2D eigenvalue weighted by Gasteiger charge is 2.61. The van der Waals surface area contributed by atoms with Gasteiger partial charge in [-0.25, -0.2) is 0 Å². The van der Waals surface area contributed by atoms with E-state index in [-0.39, 0.29) is 6.29 Å². The minimum Gasteiger partial charge on any atom is -0.355 e. The smallest absolute Gasteiger partial charge is 0.169 e. The summed E-state index contributed by atoms with van der Waals surface area (Å²) in [7, 11) is 3.14. The first-order valence-corrected chi connectivity index (χ1v) is 5.10. The van der Waals surface area contributed by atoms with E-state index in [1.807, 2.05) is 11.8 Å². The minimum absolute atomic E-state index is 0.316. The lowest BCUT2D eigenvalue weighted by atomic mass is 9.80. The molecule has 5 nitrogen and oxygen atoms in total. The van der Waals surface area contributed by atoms with Crippen LogP contribution < -0.4 is 0 Å². The summed E-state index contributed by atoms with van der Waals surface area (Å²) in [4.78, 5) is 2.02. The van der Waals surface area contributed by atoms with Gasteiger partial charge in [-0.2, -0.15) is 10.5 Å². The van der Waals surface area contributed by atoms with Crippen molar-refractivity contribution < 1.29 is 9.47 Å². The van der Waals surface area contributed by atoms with Crippen molar-refractivity contribution in [2.45, 2.75) is 25.7 Å². The summed E-state index contributed by atoms with van der Waals surface area (Å²) in [5.41, 5.74) is -1.38. The third-order valence-electron chi connectivity index (χ3n) is 3.51. The molecule has 16 heavy (non-hydrogen) atoms. The molecule has 0 aromatic heterocycles. The van der Waals surface area contributed by atoms with E-state index >= 15 is 0 Å². The molecule has 1 aliphatic heterocycles. The van der Waals surface area contributed by atoms with E-state index in [4.69, 9.17) is 20.0 Å². The first kappa shape index (κ1) is 12.9. The van der Waals surface area contributed by atoms with Crippen LogP contribution >= 0.6 is 0 Å². The first-order chi connectivity index (χ1) is 7.47. The van der Waals surface area contributed by atoms with Gasteiger partial charge < -0.3 is 9.47 Å². The Hall–Kier alpha value is -1.14. The molecule has 1 heterocycles. The summed E-state index contributed by atoms with van der Waals surface area (Å²) < 4.78 is 10.2. The molecule has 0 N–H and O–H groups in total. The average molecular weight is 223 g/mol. The zero-order valence-corrected chi connectivity index (χ0v) is 10.1. The Balaban J connectivity index is 2.68. The molecule has 2 atom stereocenters. The van der Waals surface area contributed by atoms with Crippen LogP contribution in [0, 0.1) is 28.1 Å². The Bertz CT molecular complexity index is 326. The molecule has 0 aliphatic carbocycles. The van der Waals surface area contributed by atoms with Crippen LogP contribution in [0.3, 0.4) is 0 Å². The molecule has 0 radical (unpaired) electrons. The summed E-state index contributed by atoms with van der Waals surface area (Å²) in [6.07, 6.45) is -0.316. The molecule has 0 saturated carbocycles. The predicted octanol–water partition coefficient (Wildman–Crippen LogP) is 0.733. The monoisotopic (exact) mass is 223 g/mol. The fraction of sp³-hybridized carbons (Fsp3) is 0.818. The number of nitriles is 2. The standard InChI is InChI=1S/C11H17N3O2/c1-10(6-12,7-13)11(2)8-14(11)5-9(15-3)16-4/h9H,5,8H2,1-4H3. The van der Waals surface area contributed by atoms with E-state index in [9.17, 15) is 0 Å². The van der Waals surface area contributed by atoms with Gasteiger partial charge in [-0.3, -0.25) is 4.90 Å². The Kier molecular flexibility index (Phi) is 3.54. The Morgan fingerprint density at radius 3 is 2.25 bits per heavy atom. The number of hydrogen-bond donors (Lipinski definition) is 0. The number of ether oxygens (including phenoxy) is 2. The molecule has 1 fully saturated rings. The Labute approximate surface area is 96.2 Å². The number of nitrogens with zero attached hydrogens (tertiary/aromatic N) is 3. The van der Waals surface area contributed by atoms with Gasteiger partial charge in [-0.1, -0.05) is 0 Å². The van der Waals surface area contributed by atoms with Crippen LogP contribution in [0.15, 0.2) is 0 Å². The summed E-state index contributed by atoms with van der Waals surface area (Å²) in [6, 6.07) is 4.17. The fourth-order valence-electron chi connectivity index (χ4n) is 1.77. The van der Waals surface area contributed by atoms with Gasteiger partial charge in [0, 0.05) is 20.8 Å². The van der Waals surface area contributed by atoms with Crippen LogP contribution in [0.2, 0.25) is 0 Å². The topological polar surface area (TPSA) is 69.0 Å². The lowest BCUT2D eigenvalue weighted by Crippen LogP contribution is -2.37. The van der Waals surface area contributed by atoms with Gasteiger partial charge in [0.05, 0.1) is 24.2 Å². The van der Waals surface area contributed by atoms with Crippen molar-refractivity contribution in [2.24, 2.45) is 5.41 Å². The molecular formula is C11H17N3O2. The van der Waals surface area contributed by atoms with E-state index in [1.165, 1.54) is 0 Å². The molecule has 0 bridgehead atoms. The van der Waals surface area contributed by atoms with Crippen LogP contribution in [0.25, 0.3) is 0 Å². The van der Waals surface area contributed by atoms with Crippen LogP contribution in [0.4, 0.5) is 0 Å². The largest absolute Gasteiger partial charge is 0.355 e. The summed E-state index contributed by atoms with van der Waals surface area (Å²) >= 11 is 0. The van der Waals surface area contributed by atoms with E-state index in [0.717, 1.165) is 0 Å². The van der Waals surface area contributed by atoms with Crippen molar-refractivity contribution in [3.8, 4) is 12.1 Å². The lowest BCUT2D eigenvalue weighted by molar-refractivity contribution is -0.109. The number of methoxy groups -OCH3 is 2. The van der Waals surface area contributed by atoms with E-state index in [2.05, 4.69) is 12.1 Å². The molecule has 1 saturated heterocycles. The second kappa shape index (κ2) is 4.39. The summed E-state index contributed by atoms with van der Waals surface area (Å²) in [5.74, 6) is 0. The van der Waals surface area contributed by atoms with Crippen molar-refractivity contribution >= 4 is 0 Å². The molecule has 88 valence electrons. The number of hydrogen-bond acceptors (Lipinski definition) is 5. The minimum atomic E-state index is -0.987. The Morgan fingerprint density at radius 2 is 1.88 bits per heavy atom. The fourth-order valence-corrected chi connectivity index (χ4v) is 1.77. The van der Waals surface area contributed by atoms with Crippen molar-refractivity contribution in [3.63, 3.8) is 0 Å². The third-order valence-corrected chi connectivity index (χ3v) is 3.51. The molecule has 5 heteroatoms. The maximum absolute atomic E-state index is 9.07. The predicted molar refractivity (Wildman–Crippen MR) is 57.1 cm³/mol. The van der Waals surface area contributed by atoms with Crippen molar-refractivity contribution in [1.29, 1.82) is 10.5 Å². The highest BCUT2D eigenvalue weighted by atomic mass is 16.7. The Morgan fingerprint density at radius 1 is 1.38 bits per heavy atom. The van der Waals surface area contributed by atoms with Crippen LogP contribution in [-0.4, -0.2) is 44.0 Å². The second-order valence-electron chi connectivity index (χ2n) is 4.40. The van der Waals surface area contributed by atoms with Gasteiger partial charge in [0.1, 0.15) is 0 Å². The van der Waals surface area contributed by atoms with Gasteiger partial charge in [-0.05, 0) is 13.8 Å². The summed E-state index contributed by atoms with van der Waals surface area (Å²) in [6.45, 7) is 4.87. The SMILES string of the molecule is COC(CN1CC1(C)C(C)(C#N)C#N)OC. The zero-order chi connectivity index (χ0) is 12.4. The molecule has 1 rings (SSSR count). The molecular weight excluding hydrogens is 206 g/mol. The van der Waals surface area contributed by atoms with Crippen molar-refractivity contribution in [2.75, 3.05) is 27.3 Å². The first-order valence-electron chi connectivity index (χ1n) is 5.10. The van der Waals surface area contributed by atoms with Crippen molar-refractivity contribution in [3.05, 3.63) is 0 Å². The van der Waals surface area contributed by atoms with E-state index < -0.39 is 11.0 Å². The average Bonchev–Trinajstić information content (AvgIpc) is 2.97. The van der Waals surface area contributed by atoms with Crippen molar-refractivity contribution in [1.82, 2.24) is 4.90 Å². The maximum atomic E-state index is 9.07. The molecule has 0 aromatic rings. The van der Waals surface area contributed by atoms with Gasteiger partial charge in [0.25, 0.3) is 0 Å². The summed E-state index contributed by atoms with van der Waals surface area (Å²) in [5, 5.41) is 18.1. The lowest BCUT2D eigenvalue weighted by Gasteiger charge is -2.24. The highest BCUT2D eigenvalue weighted by molar-refractivity contribution is 5.29. The van der Waals surface area contributed by atoms with Gasteiger partial charge in [-0.15, -0.1) is 0 Å². The normalized spacial score (nSPS) is 28.6. The van der Waals surface area contributed by atoms with E-state index in [0.29, 0.717) is 13.1 Å². The van der Waals surface area contributed by atoms with E-state index in [1.54, 1.807) is 21.1 Å². The van der Waals surface area contributed by atoms with Gasteiger partial charge in [0.15, 0.2) is 11.7 Å². The quantitative estimate of drug-likeness (QED) is 0.507. The molecule has 0 spiro atoms.